The van der Waals surface area contributed by atoms with E-state index in [1.54, 1.807) is 12.1 Å². The molecule has 0 radical (unpaired) electrons. The highest BCUT2D eigenvalue weighted by Gasteiger charge is 2.21. The van der Waals surface area contributed by atoms with Gasteiger partial charge in [-0.25, -0.2) is 4.79 Å². The molecule has 3 N–H and O–H groups in total. The van der Waals surface area contributed by atoms with Crippen LogP contribution in [0, 0.1) is 0 Å². The van der Waals surface area contributed by atoms with E-state index in [1.165, 1.54) is 6.07 Å². The molecule has 0 aliphatic heterocycles. The summed E-state index contributed by atoms with van der Waals surface area (Å²) in [6, 6.07) is 3.37. The van der Waals surface area contributed by atoms with Crippen LogP contribution in [0.1, 0.15) is 11.9 Å². The third-order valence-corrected chi connectivity index (χ3v) is 2.88. The lowest BCUT2D eigenvalue weighted by Crippen LogP contribution is -2.20. The van der Waals surface area contributed by atoms with Crippen LogP contribution in [0.5, 0.6) is 0 Å². The second-order valence-corrected chi connectivity index (χ2v) is 4.20. The van der Waals surface area contributed by atoms with E-state index in [1.807, 2.05) is 0 Å². The number of aliphatic carboxylic acids is 1. The molecule has 1 aromatic carbocycles. The Hall–Kier alpha value is -1.63. The van der Waals surface area contributed by atoms with Gasteiger partial charge in [0.25, 0.3) is 0 Å². The summed E-state index contributed by atoms with van der Waals surface area (Å²) >= 11 is 11.6. The van der Waals surface area contributed by atoms with Crippen molar-refractivity contribution in [3.8, 4) is 11.5 Å². The molecule has 0 bridgehead atoms. The van der Waals surface area contributed by atoms with Crippen LogP contribution in [0.25, 0.3) is 11.5 Å². The zero-order chi connectivity index (χ0) is 13.3. The van der Waals surface area contributed by atoms with Crippen molar-refractivity contribution in [3.63, 3.8) is 0 Å². The van der Waals surface area contributed by atoms with Gasteiger partial charge in [-0.05, 0) is 18.2 Å². The minimum atomic E-state index is -1.35. The number of nitrogens with two attached hydrogens (primary N) is 1. The molecule has 94 valence electrons. The van der Waals surface area contributed by atoms with Crippen molar-refractivity contribution >= 4 is 29.2 Å². The number of carboxylic acids is 1. The van der Waals surface area contributed by atoms with Gasteiger partial charge in [0.2, 0.25) is 11.8 Å². The number of aromatic nitrogens is 2. The molecule has 0 saturated carbocycles. The average Bonchev–Trinajstić information content (AvgIpc) is 2.81. The fourth-order valence-electron chi connectivity index (χ4n) is 1.21. The lowest BCUT2D eigenvalue weighted by atomic mass is 10.2. The highest BCUT2D eigenvalue weighted by Crippen LogP contribution is 2.28. The molecule has 8 heteroatoms. The minimum Gasteiger partial charge on any atom is -0.480 e. The molecule has 0 saturated heterocycles. The van der Waals surface area contributed by atoms with Gasteiger partial charge in [0.1, 0.15) is 0 Å². The van der Waals surface area contributed by atoms with Crippen molar-refractivity contribution in [2.24, 2.45) is 5.73 Å². The van der Waals surface area contributed by atoms with Crippen molar-refractivity contribution < 1.29 is 14.3 Å². The Balaban J connectivity index is 2.35. The standard InChI is InChI=1S/C10H7Cl2N3O3/c11-5-2-1-4(3-6(5)12)8-14-15-9(18-8)7(13)10(16)17/h1-3,7H,13H2,(H,16,17). The predicted molar refractivity (Wildman–Crippen MR) is 64.3 cm³/mol. The molecule has 0 spiro atoms. The van der Waals surface area contributed by atoms with E-state index in [4.69, 9.17) is 38.5 Å². The monoisotopic (exact) mass is 287 g/mol. The van der Waals surface area contributed by atoms with Crippen molar-refractivity contribution in [2.75, 3.05) is 0 Å². The van der Waals surface area contributed by atoms with Crippen LogP contribution in [-0.2, 0) is 4.79 Å². The normalized spacial score (nSPS) is 12.4. The van der Waals surface area contributed by atoms with Crippen molar-refractivity contribution in [3.05, 3.63) is 34.1 Å². The highest BCUT2D eigenvalue weighted by molar-refractivity contribution is 6.42. The van der Waals surface area contributed by atoms with E-state index >= 15 is 0 Å². The van der Waals surface area contributed by atoms with E-state index in [2.05, 4.69) is 10.2 Å². The third-order valence-electron chi connectivity index (χ3n) is 2.14. The molecule has 1 aromatic heterocycles. The Morgan fingerprint density at radius 2 is 2.06 bits per heavy atom. The van der Waals surface area contributed by atoms with Gasteiger partial charge in [0.05, 0.1) is 10.0 Å². The summed E-state index contributed by atoms with van der Waals surface area (Å²) in [6.45, 7) is 0. The van der Waals surface area contributed by atoms with Crippen LogP contribution in [-0.4, -0.2) is 21.3 Å². The van der Waals surface area contributed by atoms with E-state index in [-0.39, 0.29) is 11.8 Å². The van der Waals surface area contributed by atoms with E-state index in [9.17, 15) is 4.79 Å². The molecule has 0 fully saturated rings. The molecule has 0 amide bonds. The average molecular weight is 288 g/mol. The maximum Gasteiger partial charge on any atom is 0.330 e. The quantitative estimate of drug-likeness (QED) is 0.896. The molecule has 2 aromatic rings. The number of carboxylic acid groups (broad SMARTS) is 1. The Morgan fingerprint density at radius 3 is 2.67 bits per heavy atom. The fourth-order valence-corrected chi connectivity index (χ4v) is 1.51. The number of halogens is 2. The number of hydrogen-bond donors (Lipinski definition) is 2. The molecule has 2 rings (SSSR count). The van der Waals surface area contributed by atoms with Crippen molar-refractivity contribution in [1.29, 1.82) is 0 Å². The molecule has 1 atom stereocenters. The van der Waals surface area contributed by atoms with Crippen LogP contribution in [0.2, 0.25) is 10.0 Å². The van der Waals surface area contributed by atoms with Gasteiger partial charge >= 0.3 is 5.97 Å². The molecule has 1 heterocycles. The van der Waals surface area contributed by atoms with E-state index in [0.29, 0.717) is 15.6 Å². The van der Waals surface area contributed by atoms with Crippen molar-refractivity contribution in [1.82, 2.24) is 10.2 Å². The SMILES string of the molecule is NC(C(=O)O)c1nnc(-c2ccc(Cl)c(Cl)c2)o1. The number of rotatable bonds is 3. The number of hydrogen-bond acceptors (Lipinski definition) is 5. The number of nitrogens with zero attached hydrogens (tertiary/aromatic N) is 2. The number of benzene rings is 1. The summed E-state index contributed by atoms with van der Waals surface area (Å²) in [6.07, 6.45) is 0. The summed E-state index contributed by atoms with van der Waals surface area (Å²) in [7, 11) is 0. The first kappa shape index (κ1) is 12.8. The van der Waals surface area contributed by atoms with Gasteiger partial charge in [0, 0.05) is 5.56 Å². The molecule has 0 aliphatic rings. The number of carbonyl (C=O) groups is 1. The summed E-state index contributed by atoms with van der Waals surface area (Å²) in [5.41, 5.74) is 5.87. The summed E-state index contributed by atoms with van der Waals surface area (Å²) in [5.74, 6) is -1.30. The smallest absolute Gasteiger partial charge is 0.330 e. The molecular formula is C10H7Cl2N3O3. The maximum absolute atomic E-state index is 10.7. The largest absolute Gasteiger partial charge is 0.480 e. The summed E-state index contributed by atoms with van der Waals surface area (Å²) in [5, 5.41) is 16.7. The van der Waals surface area contributed by atoms with Gasteiger partial charge in [-0.15, -0.1) is 10.2 Å². The first-order chi connectivity index (χ1) is 8.49. The molecule has 6 nitrogen and oxygen atoms in total. The zero-order valence-electron chi connectivity index (χ0n) is 8.80. The lowest BCUT2D eigenvalue weighted by Gasteiger charge is -1.99. The fraction of sp³-hybridized carbons (Fsp3) is 0.100. The first-order valence-corrected chi connectivity index (χ1v) is 5.52. The maximum atomic E-state index is 10.7. The Bertz CT molecular complexity index is 600. The van der Waals surface area contributed by atoms with Crippen molar-refractivity contribution in [2.45, 2.75) is 6.04 Å². The third kappa shape index (κ3) is 2.45. The first-order valence-electron chi connectivity index (χ1n) is 4.76. The Morgan fingerprint density at radius 1 is 1.33 bits per heavy atom. The summed E-state index contributed by atoms with van der Waals surface area (Å²) < 4.78 is 5.16. The predicted octanol–water partition coefficient (Wildman–Crippen LogP) is 2.13. The Labute approximate surface area is 111 Å². The van der Waals surface area contributed by atoms with Gasteiger partial charge in [-0.2, -0.15) is 0 Å². The second kappa shape index (κ2) is 4.93. The summed E-state index contributed by atoms with van der Waals surface area (Å²) in [4.78, 5) is 10.7. The molecular weight excluding hydrogens is 281 g/mol. The van der Waals surface area contributed by atoms with Crippen LogP contribution < -0.4 is 5.73 Å². The van der Waals surface area contributed by atoms with Crippen LogP contribution >= 0.6 is 23.2 Å². The lowest BCUT2D eigenvalue weighted by molar-refractivity contribution is -0.139. The van der Waals surface area contributed by atoms with E-state index in [0.717, 1.165) is 0 Å². The van der Waals surface area contributed by atoms with Crippen LogP contribution in [0.15, 0.2) is 22.6 Å². The van der Waals surface area contributed by atoms with Crippen LogP contribution in [0.4, 0.5) is 0 Å². The van der Waals surface area contributed by atoms with Gasteiger partial charge in [-0.1, -0.05) is 23.2 Å². The minimum absolute atomic E-state index is 0.125. The topological polar surface area (TPSA) is 102 Å². The van der Waals surface area contributed by atoms with Crippen LogP contribution in [0.3, 0.4) is 0 Å². The highest BCUT2D eigenvalue weighted by atomic mass is 35.5. The second-order valence-electron chi connectivity index (χ2n) is 3.39. The Kier molecular flexibility index (Phi) is 3.51. The van der Waals surface area contributed by atoms with E-state index < -0.39 is 12.0 Å². The molecule has 0 aliphatic carbocycles. The van der Waals surface area contributed by atoms with Gasteiger partial charge < -0.3 is 15.3 Å². The van der Waals surface area contributed by atoms with Gasteiger partial charge in [0.15, 0.2) is 6.04 Å². The molecule has 18 heavy (non-hydrogen) atoms. The zero-order valence-corrected chi connectivity index (χ0v) is 10.3. The van der Waals surface area contributed by atoms with Gasteiger partial charge in [-0.3, -0.25) is 0 Å². The molecule has 1 unspecified atom stereocenters.